The number of aryl methyl sites for hydroxylation is 1. The molecule has 0 aliphatic carbocycles. The molecule has 1 aromatic heterocycles. The summed E-state index contributed by atoms with van der Waals surface area (Å²) in [6.45, 7) is 1.49. The summed E-state index contributed by atoms with van der Waals surface area (Å²) in [5.74, 6) is 0.346. The number of amides is 2. The minimum atomic E-state index is -0.484. The second-order valence-corrected chi connectivity index (χ2v) is 6.92. The van der Waals surface area contributed by atoms with E-state index in [1.54, 1.807) is 0 Å². The van der Waals surface area contributed by atoms with E-state index in [0.717, 1.165) is 36.5 Å². The summed E-state index contributed by atoms with van der Waals surface area (Å²) in [6.07, 6.45) is 2.35. The van der Waals surface area contributed by atoms with Crippen LogP contribution in [0, 0.1) is 0 Å². The lowest BCUT2D eigenvalue weighted by Gasteiger charge is -2.21. The number of hydrogen-bond donors (Lipinski definition) is 3. The molecule has 2 amide bonds. The first kappa shape index (κ1) is 19.7. The topological polar surface area (TPSA) is 106 Å². The second kappa shape index (κ2) is 9.73. The molecule has 1 atom stereocenters. The minimum absolute atomic E-state index is 0.152. The molecule has 1 aromatic carbocycles. The van der Waals surface area contributed by atoms with E-state index in [1.165, 1.54) is 5.56 Å². The van der Waals surface area contributed by atoms with Gasteiger partial charge in [-0.25, -0.2) is 9.78 Å². The molecule has 0 radical (unpaired) electrons. The van der Waals surface area contributed by atoms with Crippen LogP contribution in [0.2, 0.25) is 0 Å². The number of fused-ring (bicyclic) bond motifs is 1. The number of hydrogen-bond acceptors (Lipinski definition) is 5. The van der Waals surface area contributed by atoms with Crippen molar-refractivity contribution in [3.8, 4) is 0 Å². The molecule has 7 heteroatoms. The van der Waals surface area contributed by atoms with Gasteiger partial charge in [-0.2, -0.15) is 0 Å². The summed E-state index contributed by atoms with van der Waals surface area (Å²) in [5, 5.41) is 6.03. The predicted octanol–water partition coefficient (Wildman–Crippen LogP) is 2.72. The van der Waals surface area contributed by atoms with Crippen LogP contribution in [0.3, 0.4) is 0 Å². The zero-order chi connectivity index (χ0) is 19.8. The molecule has 0 spiro atoms. The van der Waals surface area contributed by atoms with Gasteiger partial charge in [-0.3, -0.25) is 4.79 Å². The maximum atomic E-state index is 11.9. The number of pyridine rings is 1. The molecule has 2 heterocycles. The third-order valence-corrected chi connectivity index (χ3v) is 4.76. The van der Waals surface area contributed by atoms with Crippen molar-refractivity contribution in [1.29, 1.82) is 0 Å². The zero-order valence-corrected chi connectivity index (χ0v) is 15.8. The fourth-order valence-electron chi connectivity index (χ4n) is 3.29. The molecule has 0 saturated carbocycles. The summed E-state index contributed by atoms with van der Waals surface area (Å²) in [6, 6.07) is 13.5. The summed E-state index contributed by atoms with van der Waals surface area (Å²) < 4.78 is 5.20. The summed E-state index contributed by atoms with van der Waals surface area (Å²) in [7, 11) is 0. The number of primary amides is 1. The molecule has 28 heavy (non-hydrogen) atoms. The Balaban J connectivity index is 1.53. The molecule has 0 unspecified atom stereocenters. The van der Waals surface area contributed by atoms with E-state index in [9.17, 15) is 9.59 Å². The smallest absolute Gasteiger partial charge is 0.407 e. The monoisotopic (exact) mass is 382 g/mol. The van der Waals surface area contributed by atoms with Gasteiger partial charge in [0.1, 0.15) is 12.4 Å². The van der Waals surface area contributed by atoms with Crippen molar-refractivity contribution in [2.75, 3.05) is 18.4 Å². The Hall–Kier alpha value is -3.09. The number of anilines is 1. The second-order valence-electron chi connectivity index (χ2n) is 6.92. The minimum Gasteiger partial charge on any atom is -0.445 e. The van der Waals surface area contributed by atoms with E-state index in [4.69, 9.17) is 10.5 Å². The van der Waals surface area contributed by atoms with E-state index in [-0.39, 0.29) is 24.9 Å². The molecule has 7 nitrogen and oxygen atoms in total. The number of carbonyl (C=O) groups excluding carboxylic acids is 2. The van der Waals surface area contributed by atoms with Crippen molar-refractivity contribution >= 4 is 17.8 Å². The number of nitrogens with one attached hydrogen (secondary N) is 2. The van der Waals surface area contributed by atoms with Crippen LogP contribution in [-0.2, 0) is 22.6 Å². The Morgan fingerprint density at radius 3 is 2.82 bits per heavy atom. The van der Waals surface area contributed by atoms with Gasteiger partial charge in [-0.05, 0) is 36.5 Å². The number of nitrogens with zero attached hydrogens (tertiary/aromatic N) is 1. The highest BCUT2D eigenvalue weighted by molar-refractivity contribution is 5.74. The van der Waals surface area contributed by atoms with E-state index in [2.05, 4.69) is 21.7 Å². The van der Waals surface area contributed by atoms with Gasteiger partial charge in [0.25, 0.3) is 0 Å². The largest absolute Gasteiger partial charge is 0.445 e. The fraction of sp³-hybridized carbons (Fsp3) is 0.381. The van der Waals surface area contributed by atoms with Crippen molar-refractivity contribution in [1.82, 2.24) is 10.3 Å². The van der Waals surface area contributed by atoms with Crippen molar-refractivity contribution in [3.63, 3.8) is 0 Å². The summed E-state index contributed by atoms with van der Waals surface area (Å²) >= 11 is 0. The predicted molar refractivity (Wildman–Crippen MR) is 107 cm³/mol. The maximum Gasteiger partial charge on any atom is 0.407 e. The lowest BCUT2D eigenvalue weighted by Crippen LogP contribution is -2.27. The summed E-state index contributed by atoms with van der Waals surface area (Å²) in [5.41, 5.74) is 8.35. The number of aromatic nitrogens is 1. The van der Waals surface area contributed by atoms with E-state index < -0.39 is 6.09 Å². The lowest BCUT2D eigenvalue weighted by molar-refractivity contribution is -0.118. The fourth-order valence-corrected chi connectivity index (χ4v) is 3.29. The number of benzene rings is 1. The van der Waals surface area contributed by atoms with Crippen LogP contribution < -0.4 is 16.4 Å². The highest BCUT2D eigenvalue weighted by Crippen LogP contribution is 2.26. The quantitative estimate of drug-likeness (QED) is 0.651. The molecule has 1 aliphatic heterocycles. The lowest BCUT2D eigenvalue weighted by atomic mass is 9.95. The zero-order valence-electron chi connectivity index (χ0n) is 15.8. The van der Waals surface area contributed by atoms with Crippen LogP contribution in [-0.4, -0.2) is 30.1 Å². The molecule has 1 aliphatic rings. The first-order chi connectivity index (χ1) is 13.6. The van der Waals surface area contributed by atoms with Gasteiger partial charge < -0.3 is 21.1 Å². The number of nitrogens with two attached hydrogens (primary N) is 1. The number of ether oxygens (including phenoxy) is 1. The van der Waals surface area contributed by atoms with Crippen molar-refractivity contribution in [2.24, 2.45) is 5.73 Å². The van der Waals surface area contributed by atoms with Gasteiger partial charge in [-0.15, -0.1) is 0 Å². The molecule has 0 bridgehead atoms. The number of alkyl carbamates (subject to hydrolysis) is 1. The van der Waals surface area contributed by atoms with Crippen LogP contribution in [0.5, 0.6) is 0 Å². The SMILES string of the molecule is NC(=O)C[C@H](CCNC(=O)OCc1ccccc1)c1ccc2c(n1)NCCC2. The van der Waals surface area contributed by atoms with Crippen LogP contribution in [0.25, 0.3) is 0 Å². The Labute approximate surface area is 164 Å². The first-order valence-electron chi connectivity index (χ1n) is 9.58. The first-order valence-corrected chi connectivity index (χ1v) is 9.58. The molecule has 2 aromatic rings. The molecule has 3 rings (SSSR count). The van der Waals surface area contributed by atoms with Gasteiger partial charge in [0.05, 0.1) is 0 Å². The highest BCUT2D eigenvalue weighted by atomic mass is 16.5. The maximum absolute atomic E-state index is 11.9. The van der Waals surface area contributed by atoms with Gasteiger partial charge in [0.2, 0.25) is 5.91 Å². The molecule has 0 fully saturated rings. The molecule has 4 N–H and O–H groups in total. The van der Waals surface area contributed by atoms with Crippen LogP contribution >= 0.6 is 0 Å². The number of rotatable bonds is 8. The van der Waals surface area contributed by atoms with Crippen LogP contribution in [0.4, 0.5) is 10.6 Å². The highest BCUT2D eigenvalue weighted by Gasteiger charge is 2.19. The Morgan fingerprint density at radius 2 is 2.04 bits per heavy atom. The van der Waals surface area contributed by atoms with Crippen molar-refractivity contribution in [3.05, 3.63) is 59.3 Å². The molecular formula is C21H26N4O3. The number of carbonyl (C=O) groups is 2. The van der Waals surface area contributed by atoms with Gasteiger partial charge in [0, 0.05) is 31.1 Å². The average molecular weight is 382 g/mol. The molecule has 148 valence electrons. The van der Waals surface area contributed by atoms with E-state index >= 15 is 0 Å². The van der Waals surface area contributed by atoms with Crippen LogP contribution in [0.1, 0.15) is 42.0 Å². The molecular weight excluding hydrogens is 356 g/mol. The van der Waals surface area contributed by atoms with Crippen molar-refractivity contribution in [2.45, 2.75) is 38.2 Å². The van der Waals surface area contributed by atoms with Gasteiger partial charge >= 0.3 is 6.09 Å². The third kappa shape index (κ3) is 5.70. The summed E-state index contributed by atoms with van der Waals surface area (Å²) in [4.78, 5) is 28.1. The van der Waals surface area contributed by atoms with Crippen molar-refractivity contribution < 1.29 is 14.3 Å². The van der Waals surface area contributed by atoms with Gasteiger partial charge in [0.15, 0.2) is 0 Å². The average Bonchev–Trinajstić information content (AvgIpc) is 2.71. The Morgan fingerprint density at radius 1 is 1.21 bits per heavy atom. The van der Waals surface area contributed by atoms with E-state index in [0.29, 0.717) is 13.0 Å². The van der Waals surface area contributed by atoms with E-state index in [1.807, 2.05) is 36.4 Å². The molecule has 0 saturated heterocycles. The van der Waals surface area contributed by atoms with Crippen LogP contribution in [0.15, 0.2) is 42.5 Å². The third-order valence-electron chi connectivity index (χ3n) is 4.76. The standard InChI is InChI=1S/C21H26N4O3/c22-19(26)13-17(18-9-8-16-7-4-11-23-20(16)25-18)10-12-24-21(27)28-14-15-5-2-1-3-6-15/h1-3,5-6,8-9,17H,4,7,10-14H2,(H2,22,26)(H,23,25)(H,24,27)/t17-/m0/s1. The van der Waals surface area contributed by atoms with Gasteiger partial charge in [-0.1, -0.05) is 36.4 Å². The Kier molecular flexibility index (Phi) is 6.84. The Bertz CT molecular complexity index is 811. The normalized spacial score (nSPS) is 13.7.